The predicted molar refractivity (Wildman–Crippen MR) is 69.3 cm³/mol. The van der Waals surface area contributed by atoms with E-state index in [2.05, 4.69) is 6.58 Å². The van der Waals surface area contributed by atoms with E-state index < -0.39 is 19.7 Å². The zero-order chi connectivity index (χ0) is 14.4. The molecule has 0 aliphatic carbocycles. The molecule has 106 valence electrons. The molecule has 2 atom stereocenters. The maximum Gasteiger partial charge on any atom is 0.384 e. The van der Waals surface area contributed by atoms with Gasteiger partial charge in [-0.2, -0.15) is 0 Å². The van der Waals surface area contributed by atoms with Crippen molar-refractivity contribution in [3.05, 3.63) is 12.7 Å². The summed E-state index contributed by atoms with van der Waals surface area (Å²) in [6, 6.07) is 0. The number of quaternary nitrogens is 1. The van der Waals surface area contributed by atoms with Gasteiger partial charge in [-0.05, 0) is 6.92 Å². The highest BCUT2D eigenvalue weighted by Gasteiger charge is 2.30. The first-order valence-electron chi connectivity index (χ1n) is 5.66. The number of carbonyl (C=O) groups excluding carboxylic acids is 1. The summed E-state index contributed by atoms with van der Waals surface area (Å²) in [6.07, 6.45) is -0.181. The van der Waals surface area contributed by atoms with Crippen molar-refractivity contribution < 1.29 is 28.0 Å². The Kier molecular flexibility index (Phi) is 6.78. The van der Waals surface area contributed by atoms with Gasteiger partial charge in [0.15, 0.2) is 0 Å². The molecule has 0 aromatic heterocycles. The average molecular weight is 280 g/mol. The Morgan fingerprint density at radius 3 is 2.44 bits per heavy atom. The maximum atomic E-state index is 12.2. The molecule has 0 heterocycles. The van der Waals surface area contributed by atoms with E-state index in [1.165, 1.54) is 6.92 Å². The van der Waals surface area contributed by atoms with Crippen LogP contribution in [0.1, 0.15) is 6.92 Å². The monoisotopic (exact) mass is 280 g/mol. The van der Waals surface area contributed by atoms with Crippen molar-refractivity contribution in [3.8, 4) is 0 Å². The van der Waals surface area contributed by atoms with Gasteiger partial charge in [-0.3, -0.25) is 4.52 Å². The Morgan fingerprint density at radius 1 is 1.50 bits per heavy atom. The van der Waals surface area contributed by atoms with Gasteiger partial charge in [-0.25, -0.2) is 9.36 Å². The first-order chi connectivity index (χ1) is 8.08. The molecule has 0 aliphatic rings. The smallest absolute Gasteiger partial charge is 0.384 e. The van der Waals surface area contributed by atoms with Crippen molar-refractivity contribution in [1.29, 1.82) is 0 Å². The quantitative estimate of drug-likeness (QED) is 0.408. The van der Waals surface area contributed by atoms with Crippen LogP contribution < -0.4 is 0 Å². The van der Waals surface area contributed by atoms with Gasteiger partial charge in [0.25, 0.3) is 0 Å². The van der Waals surface area contributed by atoms with Crippen LogP contribution in [-0.4, -0.2) is 62.1 Å². The van der Waals surface area contributed by atoms with Crippen molar-refractivity contribution in [2.24, 2.45) is 0 Å². The second kappa shape index (κ2) is 7.04. The fourth-order valence-corrected chi connectivity index (χ4v) is 2.66. The molecule has 0 radical (unpaired) electrons. The van der Waals surface area contributed by atoms with E-state index in [9.17, 15) is 14.5 Å². The van der Waals surface area contributed by atoms with Crippen molar-refractivity contribution >= 4 is 13.6 Å². The summed E-state index contributed by atoms with van der Waals surface area (Å²) >= 11 is 0. The normalized spacial score (nSPS) is 16.7. The van der Waals surface area contributed by atoms with Gasteiger partial charge >= 0.3 is 13.6 Å². The standard InChI is InChI=1S/C11H23NO5P/c1-6-11(14)17-18(15,9-10(2)13)16-8-7-12(3,4)5/h6,10,13H,1,7-9H2,2-5H3/q+1. The average Bonchev–Trinajstić information content (AvgIpc) is 2.13. The fraction of sp³-hybridized carbons (Fsp3) is 0.727. The topological polar surface area (TPSA) is 72.8 Å². The van der Waals surface area contributed by atoms with Crippen LogP contribution in [0.2, 0.25) is 0 Å². The van der Waals surface area contributed by atoms with Crippen molar-refractivity contribution in [1.82, 2.24) is 0 Å². The second-order valence-corrected chi connectivity index (χ2v) is 7.13. The van der Waals surface area contributed by atoms with Gasteiger partial charge < -0.3 is 14.1 Å². The zero-order valence-electron chi connectivity index (χ0n) is 11.5. The molecule has 0 saturated carbocycles. The minimum absolute atomic E-state index is 0.178. The van der Waals surface area contributed by atoms with E-state index in [4.69, 9.17) is 9.05 Å². The Bertz CT molecular complexity index is 335. The van der Waals surface area contributed by atoms with E-state index in [1.807, 2.05) is 21.1 Å². The van der Waals surface area contributed by atoms with Crippen LogP contribution in [0.25, 0.3) is 0 Å². The number of likely N-dealkylation sites (N-methyl/N-ethyl adjacent to an activating group) is 1. The third-order valence-corrected chi connectivity index (χ3v) is 3.94. The summed E-state index contributed by atoms with van der Waals surface area (Å²) in [5, 5.41) is 9.26. The molecule has 0 aliphatic heterocycles. The van der Waals surface area contributed by atoms with E-state index in [-0.39, 0.29) is 12.8 Å². The van der Waals surface area contributed by atoms with Gasteiger partial charge in [0, 0.05) is 6.08 Å². The van der Waals surface area contributed by atoms with Gasteiger partial charge in [0.05, 0.1) is 33.4 Å². The van der Waals surface area contributed by atoms with E-state index >= 15 is 0 Å². The lowest BCUT2D eigenvalue weighted by molar-refractivity contribution is -0.870. The molecule has 0 rings (SSSR count). The van der Waals surface area contributed by atoms with Crippen LogP contribution in [-0.2, 0) is 18.4 Å². The maximum absolute atomic E-state index is 12.2. The van der Waals surface area contributed by atoms with Crippen LogP contribution in [0.5, 0.6) is 0 Å². The highest BCUT2D eigenvalue weighted by molar-refractivity contribution is 7.54. The lowest BCUT2D eigenvalue weighted by Gasteiger charge is -2.25. The first kappa shape index (κ1) is 17.3. The molecule has 0 aromatic rings. The third kappa shape index (κ3) is 8.42. The number of carbonyl (C=O) groups is 1. The molecule has 0 spiro atoms. The molecule has 0 fully saturated rings. The van der Waals surface area contributed by atoms with Crippen LogP contribution >= 0.6 is 7.60 Å². The Morgan fingerprint density at radius 2 is 2.06 bits per heavy atom. The predicted octanol–water partition coefficient (Wildman–Crippen LogP) is 1.01. The summed E-state index contributed by atoms with van der Waals surface area (Å²) in [5.41, 5.74) is 0. The second-order valence-electron chi connectivity index (χ2n) is 5.10. The molecular formula is C11H23NO5P+. The summed E-state index contributed by atoms with van der Waals surface area (Å²) in [6.45, 7) is 5.47. The van der Waals surface area contributed by atoms with E-state index in [0.29, 0.717) is 11.0 Å². The van der Waals surface area contributed by atoms with E-state index in [1.54, 1.807) is 0 Å². The number of hydrogen-bond donors (Lipinski definition) is 1. The minimum atomic E-state index is -3.61. The Balaban J connectivity index is 4.52. The summed E-state index contributed by atoms with van der Waals surface area (Å²) in [4.78, 5) is 11.1. The molecule has 6 nitrogen and oxygen atoms in total. The van der Waals surface area contributed by atoms with Crippen LogP contribution in [0, 0.1) is 0 Å². The van der Waals surface area contributed by atoms with Crippen molar-refractivity contribution in [2.75, 3.05) is 40.5 Å². The molecule has 1 N–H and O–H groups in total. The molecule has 0 amide bonds. The van der Waals surface area contributed by atoms with Gasteiger partial charge in [0.1, 0.15) is 13.2 Å². The largest absolute Gasteiger partial charge is 0.393 e. The SMILES string of the molecule is C=CC(=O)OP(=O)(CC(C)O)OCC[N+](C)(C)C. The van der Waals surface area contributed by atoms with Crippen molar-refractivity contribution in [2.45, 2.75) is 13.0 Å². The molecule has 0 aromatic carbocycles. The minimum Gasteiger partial charge on any atom is -0.393 e. The fourth-order valence-electron chi connectivity index (χ4n) is 1.07. The lowest BCUT2D eigenvalue weighted by Crippen LogP contribution is -2.37. The van der Waals surface area contributed by atoms with Gasteiger partial charge in [-0.1, -0.05) is 6.58 Å². The molecule has 7 heteroatoms. The summed E-state index contributed by atoms with van der Waals surface area (Å²) in [7, 11) is 2.26. The van der Waals surface area contributed by atoms with Crippen LogP contribution in [0.15, 0.2) is 12.7 Å². The molecule has 2 unspecified atom stereocenters. The number of aliphatic hydroxyl groups is 1. The highest BCUT2D eigenvalue weighted by atomic mass is 31.2. The molecule has 0 saturated heterocycles. The lowest BCUT2D eigenvalue weighted by atomic mass is 10.5. The van der Waals surface area contributed by atoms with Gasteiger partial charge in [0.2, 0.25) is 0 Å². The van der Waals surface area contributed by atoms with E-state index in [0.717, 1.165) is 6.08 Å². The first-order valence-corrected chi connectivity index (χ1v) is 7.39. The number of hydrogen-bond acceptors (Lipinski definition) is 5. The van der Waals surface area contributed by atoms with Gasteiger partial charge in [-0.15, -0.1) is 0 Å². The van der Waals surface area contributed by atoms with Crippen molar-refractivity contribution in [3.63, 3.8) is 0 Å². The van der Waals surface area contributed by atoms with Crippen LogP contribution in [0.3, 0.4) is 0 Å². The Labute approximate surface area is 108 Å². The summed E-state index contributed by atoms with van der Waals surface area (Å²) in [5.74, 6) is -0.816. The number of aliphatic hydroxyl groups excluding tert-OH is 1. The summed E-state index contributed by atoms with van der Waals surface area (Å²) < 4.78 is 22.7. The highest BCUT2D eigenvalue weighted by Crippen LogP contribution is 2.48. The Hall–Kier alpha value is -0.680. The molecule has 0 bridgehead atoms. The molecule has 18 heavy (non-hydrogen) atoms. The number of rotatable bonds is 8. The number of nitrogens with zero attached hydrogens (tertiary/aromatic N) is 1. The van der Waals surface area contributed by atoms with Crippen LogP contribution in [0.4, 0.5) is 0 Å². The third-order valence-electron chi connectivity index (χ3n) is 1.93. The molecular weight excluding hydrogens is 257 g/mol. The zero-order valence-corrected chi connectivity index (χ0v) is 12.4.